The lowest BCUT2D eigenvalue weighted by Crippen LogP contribution is -2.22. The molecule has 0 aromatic heterocycles. The van der Waals surface area contributed by atoms with Crippen LogP contribution in [0.4, 0.5) is 13.2 Å². The van der Waals surface area contributed by atoms with E-state index in [9.17, 15) is 13.2 Å². The van der Waals surface area contributed by atoms with E-state index in [1.165, 1.54) is 6.07 Å². The maximum absolute atomic E-state index is 13.7. The maximum atomic E-state index is 13.7. The molecule has 0 heterocycles. The minimum absolute atomic E-state index is 0.215. The summed E-state index contributed by atoms with van der Waals surface area (Å²) in [5.74, 6) is -3.59. The Labute approximate surface area is 106 Å². The van der Waals surface area contributed by atoms with Crippen LogP contribution in [0.3, 0.4) is 0 Å². The Kier molecular flexibility index (Phi) is 6.19. The van der Waals surface area contributed by atoms with Crippen molar-refractivity contribution in [2.75, 3.05) is 6.54 Å². The average molecular weight is 259 g/mol. The third kappa shape index (κ3) is 3.73. The molecule has 1 nitrogen and oxygen atoms in total. The van der Waals surface area contributed by atoms with Crippen molar-refractivity contribution >= 4 is 0 Å². The second-order valence-corrected chi connectivity index (χ2v) is 4.37. The molecular formula is C14H20F3N. The Morgan fingerprint density at radius 2 is 1.78 bits per heavy atom. The summed E-state index contributed by atoms with van der Waals surface area (Å²) in [4.78, 5) is 0. The molecule has 0 saturated carbocycles. The first-order chi connectivity index (χ1) is 8.61. The Bertz CT molecular complexity index is 380. The second-order valence-electron chi connectivity index (χ2n) is 4.37. The molecule has 1 atom stereocenters. The van der Waals surface area contributed by atoms with E-state index < -0.39 is 17.5 Å². The molecule has 0 aliphatic heterocycles. The molecule has 18 heavy (non-hydrogen) atoms. The van der Waals surface area contributed by atoms with Crippen LogP contribution >= 0.6 is 0 Å². The van der Waals surface area contributed by atoms with E-state index in [2.05, 4.69) is 12.2 Å². The van der Waals surface area contributed by atoms with E-state index in [4.69, 9.17) is 0 Å². The molecule has 0 amide bonds. The minimum atomic E-state index is -1.38. The minimum Gasteiger partial charge on any atom is -0.310 e. The molecule has 0 spiro atoms. The molecule has 1 unspecified atom stereocenters. The molecule has 0 aliphatic carbocycles. The summed E-state index contributed by atoms with van der Waals surface area (Å²) < 4.78 is 39.8. The van der Waals surface area contributed by atoms with Gasteiger partial charge in [-0.1, -0.05) is 39.2 Å². The molecule has 102 valence electrons. The number of unbranched alkanes of at least 4 members (excludes halogenated alkanes) is 2. The number of hydrogen-bond acceptors (Lipinski definition) is 1. The van der Waals surface area contributed by atoms with Gasteiger partial charge in [-0.25, -0.2) is 13.2 Å². The molecule has 0 bridgehead atoms. The number of halogens is 3. The average Bonchev–Trinajstić information content (AvgIpc) is 2.36. The Morgan fingerprint density at radius 1 is 1.06 bits per heavy atom. The lowest BCUT2D eigenvalue weighted by atomic mass is 9.99. The summed E-state index contributed by atoms with van der Waals surface area (Å²) in [6, 6.07) is 2.06. The highest BCUT2D eigenvalue weighted by Gasteiger charge is 2.19. The molecular weight excluding hydrogens is 239 g/mol. The van der Waals surface area contributed by atoms with Crippen LogP contribution < -0.4 is 5.32 Å². The predicted molar refractivity (Wildman–Crippen MR) is 66.9 cm³/mol. The lowest BCUT2D eigenvalue weighted by molar-refractivity contribution is 0.414. The molecule has 1 aromatic carbocycles. The highest BCUT2D eigenvalue weighted by Crippen LogP contribution is 2.25. The normalized spacial score (nSPS) is 12.7. The van der Waals surface area contributed by atoms with Gasteiger partial charge in [-0.2, -0.15) is 0 Å². The van der Waals surface area contributed by atoms with Crippen LogP contribution in [0.5, 0.6) is 0 Å². The predicted octanol–water partition coefficient (Wildman–Crippen LogP) is 4.33. The molecule has 1 N–H and O–H groups in total. The van der Waals surface area contributed by atoms with Crippen molar-refractivity contribution in [3.63, 3.8) is 0 Å². The van der Waals surface area contributed by atoms with E-state index >= 15 is 0 Å². The number of hydrogen-bond donors (Lipinski definition) is 1. The second kappa shape index (κ2) is 7.41. The molecule has 4 heteroatoms. The third-order valence-electron chi connectivity index (χ3n) is 2.99. The van der Waals surface area contributed by atoms with Crippen LogP contribution in [0.2, 0.25) is 0 Å². The highest BCUT2D eigenvalue weighted by molar-refractivity contribution is 5.23. The number of nitrogens with one attached hydrogen (secondary N) is 1. The van der Waals surface area contributed by atoms with Crippen LogP contribution in [-0.2, 0) is 0 Å². The first kappa shape index (κ1) is 15.0. The van der Waals surface area contributed by atoms with E-state index in [1.54, 1.807) is 0 Å². The van der Waals surface area contributed by atoms with Gasteiger partial charge >= 0.3 is 0 Å². The van der Waals surface area contributed by atoms with Gasteiger partial charge in [0, 0.05) is 11.6 Å². The van der Waals surface area contributed by atoms with Gasteiger partial charge in [0.15, 0.2) is 17.5 Å². The first-order valence-electron chi connectivity index (χ1n) is 6.48. The molecule has 1 aromatic rings. The van der Waals surface area contributed by atoms with E-state index in [0.717, 1.165) is 31.7 Å². The maximum Gasteiger partial charge on any atom is 0.194 e. The highest BCUT2D eigenvalue weighted by atomic mass is 19.2. The fraction of sp³-hybridized carbons (Fsp3) is 0.571. The van der Waals surface area contributed by atoms with Crippen LogP contribution in [0.1, 0.15) is 51.1 Å². The molecule has 0 fully saturated rings. The number of rotatable bonds is 7. The zero-order valence-corrected chi connectivity index (χ0v) is 10.9. The van der Waals surface area contributed by atoms with Crippen LogP contribution in [0.25, 0.3) is 0 Å². The van der Waals surface area contributed by atoms with Gasteiger partial charge in [-0.05, 0) is 19.0 Å². The summed E-state index contributed by atoms with van der Waals surface area (Å²) in [5.41, 5.74) is 0.215. The van der Waals surface area contributed by atoms with Crippen molar-refractivity contribution in [3.05, 3.63) is 35.1 Å². The third-order valence-corrected chi connectivity index (χ3v) is 2.99. The van der Waals surface area contributed by atoms with Gasteiger partial charge in [-0.15, -0.1) is 0 Å². The van der Waals surface area contributed by atoms with E-state index in [1.807, 2.05) is 6.92 Å². The zero-order chi connectivity index (χ0) is 13.5. The van der Waals surface area contributed by atoms with Crippen molar-refractivity contribution < 1.29 is 13.2 Å². The summed E-state index contributed by atoms with van der Waals surface area (Å²) in [6.07, 6.45) is 3.78. The summed E-state index contributed by atoms with van der Waals surface area (Å²) in [5, 5.41) is 3.12. The number of benzene rings is 1. The fourth-order valence-electron chi connectivity index (χ4n) is 2.02. The van der Waals surface area contributed by atoms with Crippen LogP contribution in [0.15, 0.2) is 12.1 Å². The summed E-state index contributed by atoms with van der Waals surface area (Å²) in [6.45, 7) is 4.65. The molecule has 0 saturated heterocycles. The molecule has 1 rings (SSSR count). The molecule has 0 radical (unpaired) electrons. The SMILES string of the molecule is CCCCCC(NCC)c1ccc(F)c(F)c1F. The monoisotopic (exact) mass is 259 g/mol. The van der Waals surface area contributed by atoms with E-state index in [-0.39, 0.29) is 11.6 Å². The van der Waals surface area contributed by atoms with Gasteiger partial charge < -0.3 is 5.32 Å². The van der Waals surface area contributed by atoms with Crippen molar-refractivity contribution in [1.82, 2.24) is 5.32 Å². The Morgan fingerprint density at radius 3 is 2.39 bits per heavy atom. The Balaban J connectivity index is 2.87. The molecule has 0 aliphatic rings. The van der Waals surface area contributed by atoms with Gasteiger partial charge in [0.25, 0.3) is 0 Å². The van der Waals surface area contributed by atoms with Crippen molar-refractivity contribution in [1.29, 1.82) is 0 Å². The van der Waals surface area contributed by atoms with Gasteiger partial charge in [0.1, 0.15) is 0 Å². The largest absolute Gasteiger partial charge is 0.310 e. The smallest absolute Gasteiger partial charge is 0.194 e. The fourth-order valence-corrected chi connectivity index (χ4v) is 2.02. The van der Waals surface area contributed by atoms with Gasteiger partial charge in [-0.3, -0.25) is 0 Å². The van der Waals surface area contributed by atoms with Gasteiger partial charge in [0.05, 0.1) is 0 Å². The van der Waals surface area contributed by atoms with Gasteiger partial charge in [0.2, 0.25) is 0 Å². The summed E-state index contributed by atoms with van der Waals surface area (Å²) >= 11 is 0. The van der Waals surface area contributed by atoms with Crippen molar-refractivity contribution in [2.24, 2.45) is 0 Å². The van der Waals surface area contributed by atoms with E-state index in [0.29, 0.717) is 6.54 Å². The standard InChI is InChI=1S/C14H20F3N/c1-3-5-6-7-12(18-4-2)10-8-9-11(15)14(17)13(10)16/h8-9,12,18H,3-7H2,1-2H3. The summed E-state index contributed by atoms with van der Waals surface area (Å²) in [7, 11) is 0. The first-order valence-corrected chi connectivity index (χ1v) is 6.48. The van der Waals surface area contributed by atoms with Crippen LogP contribution in [-0.4, -0.2) is 6.54 Å². The lowest BCUT2D eigenvalue weighted by Gasteiger charge is -2.19. The van der Waals surface area contributed by atoms with Crippen molar-refractivity contribution in [3.8, 4) is 0 Å². The topological polar surface area (TPSA) is 12.0 Å². The quantitative estimate of drug-likeness (QED) is 0.567. The Hall–Kier alpha value is -1.03. The van der Waals surface area contributed by atoms with Crippen molar-refractivity contribution in [2.45, 2.75) is 45.6 Å². The van der Waals surface area contributed by atoms with Crippen LogP contribution in [0, 0.1) is 17.5 Å². The zero-order valence-electron chi connectivity index (χ0n) is 10.9.